The lowest BCUT2D eigenvalue weighted by atomic mass is 9.97. The van der Waals surface area contributed by atoms with Crippen molar-refractivity contribution in [2.24, 2.45) is 5.92 Å². The molecule has 1 saturated heterocycles. The van der Waals surface area contributed by atoms with E-state index in [2.05, 4.69) is 11.1 Å². The molecule has 0 unspecified atom stereocenters. The summed E-state index contributed by atoms with van der Waals surface area (Å²) >= 11 is 0. The summed E-state index contributed by atoms with van der Waals surface area (Å²) in [5.74, 6) is 1.22. The Morgan fingerprint density at radius 3 is 2.91 bits per heavy atom. The maximum Gasteiger partial charge on any atom is 0.254 e. The minimum atomic E-state index is -0.0448. The van der Waals surface area contributed by atoms with Crippen molar-refractivity contribution in [2.45, 2.75) is 13.0 Å². The molecule has 35 heavy (non-hydrogen) atoms. The minimum Gasteiger partial charge on any atom is -0.493 e. The molecule has 0 bridgehead atoms. The summed E-state index contributed by atoms with van der Waals surface area (Å²) in [6, 6.07) is 19.1. The van der Waals surface area contributed by atoms with E-state index in [1.165, 1.54) is 5.56 Å². The lowest BCUT2D eigenvalue weighted by Crippen LogP contribution is -2.36. The van der Waals surface area contributed by atoms with Gasteiger partial charge in [-0.05, 0) is 54.4 Å². The summed E-state index contributed by atoms with van der Waals surface area (Å²) in [6.07, 6.45) is 4.25. The van der Waals surface area contributed by atoms with Gasteiger partial charge in [-0.15, -0.1) is 0 Å². The molecule has 4 aromatic rings. The first-order valence-electron chi connectivity index (χ1n) is 11.7. The number of aromatic nitrogens is 1. The highest BCUT2D eigenvalue weighted by Crippen LogP contribution is 2.30. The normalized spacial score (nSPS) is 16.1. The highest BCUT2D eigenvalue weighted by atomic mass is 16.5. The Balaban J connectivity index is 1.28. The zero-order chi connectivity index (χ0) is 24.0. The molecule has 0 saturated carbocycles. The average Bonchev–Trinajstić information content (AvgIpc) is 3.27. The van der Waals surface area contributed by atoms with Crippen LogP contribution < -0.4 is 9.47 Å². The van der Waals surface area contributed by atoms with Crippen molar-refractivity contribution in [3.63, 3.8) is 0 Å². The molecule has 1 aliphatic rings. The summed E-state index contributed by atoms with van der Waals surface area (Å²) in [5.41, 5.74) is 3.46. The zero-order valence-electron chi connectivity index (χ0n) is 19.7. The van der Waals surface area contributed by atoms with Crippen LogP contribution in [0.5, 0.6) is 11.5 Å². The van der Waals surface area contributed by atoms with Gasteiger partial charge in [0.25, 0.3) is 5.91 Å². The van der Waals surface area contributed by atoms with E-state index in [-0.39, 0.29) is 11.8 Å². The molecule has 0 aliphatic carbocycles. The maximum absolute atomic E-state index is 13.4. The number of carbonyl (C=O) groups excluding carboxylic acids is 1. The maximum atomic E-state index is 13.4. The van der Waals surface area contributed by atoms with Crippen molar-refractivity contribution in [1.82, 2.24) is 9.88 Å². The van der Waals surface area contributed by atoms with Crippen LogP contribution in [0.2, 0.25) is 0 Å². The predicted octanol–water partition coefficient (Wildman–Crippen LogP) is 4.75. The van der Waals surface area contributed by atoms with Crippen LogP contribution in [0, 0.1) is 5.92 Å². The number of hydrogen-bond acceptors (Lipinski definition) is 6. The highest BCUT2D eigenvalue weighted by molar-refractivity contribution is 5.95. The molecule has 2 aromatic carbocycles. The van der Waals surface area contributed by atoms with E-state index in [4.69, 9.17) is 18.6 Å². The number of methoxy groups -OCH3 is 1. The van der Waals surface area contributed by atoms with E-state index >= 15 is 0 Å². The minimum absolute atomic E-state index is 0.0448. The zero-order valence-corrected chi connectivity index (χ0v) is 19.7. The molecule has 7 heteroatoms. The van der Waals surface area contributed by atoms with Crippen LogP contribution in [0.4, 0.5) is 0 Å². The molecule has 3 heterocycles. The number of ether oxygens (including phenoxy) is 3. The number of rotatable bonds is 7. The largest absolute Gasteiger partial charge is 0.493 e. The summed E-state index contributed by atoms with van der Waals surface area (Å²) in [6.45, 7) is 2.61. The monoisotopic (exact) mass is 472 g/mol. The van der Waals surface area contributed by atoms with Gasteiger partial charge in [0.1, 0.15) is 12.2 Å². The molecule has 1 amide bonds. The summed E-state index contributed by atoms with van der Waals surface area (Å²) in [5, 5.41) is 1.11. The molecular weight excluding hydrogens is 444 g/mol. The Kier molecular flexibility index (Phi) is 6.95. The van der Waals surface area contributed by atoms with Gasteiger partial charge in [0.2, 0.25) is 0 Å². The fourth-order valence-electron chi connectivity index (χ4n) is 4.47. The lowest BCUT2D eigenvalue weighted by molar-refractivity contribution is 0.0737. The lowest BCUT2D eigenvalue weighted by Gasteiger charge is -2.24. The van der Waals surface area contributed by atoms with Crippen LogP contribution in [0.15, 0.2) is 77.5 Å². The second-order valence-electron chi connectivity index (χ2n) is 8.62. The Morgan fingerprint density at radius 1 is 1.11 bits per heavy atom. The molecule has 0 N–H and O–H groups in total. The second-order valence-corrected chi connectivity index (χ2v) is 8.62. The molecule has 5 rings (SSSR count). The molecular formula is C28H28N2O5. The average molecular weight is 473 g/mol. The number of nitrogens with zero attached hydrogens (tertiary/aromatic N) is 2. The van der Waals surface area contributed by atoms with Crippen molar-refractivity contribution in [2.75, 3.05) is 33.4 Å². The topological polar surface area (TPSA) is 74.0 Å². The number of furan rings is 1. The van der Waals surface area contributed by atoms with E-state index in [1.54, 1.807) is 37.8 Å². The predicted molar refractivity (Wildman–Crippen MR) is 132 cm³/mol. The Bertz CT molecular complexity index is 1290. The fourth-order valence-corrected chi connectivity index (χ4v) is 4.47. The second kappa shape index (κ2) is 10.6. The van der Waals surface area contributed by atoms with Gasteiger partial charge < -0.3 is 23.5 Å². The van der Waals surface area contributed by atoms with Gasteiger partial charge >= 0.3 is 0 Å². The third kappa shape index (κ3) is 5.30. The van der Waals surface area contributed by atoms with Gasteiger partial charge in [0.15, 0.2) is 11.5 Å². The van der Waals surface area contributed by atoms with Crippen LogP contribution >= 0.6 is 0 Å². The smallest absolute Gasteiger partial charge is 0.254 e. The molecule has 2 aromatic heterocycles. The van der Waals surface area contributed by atoms with Crippen LogP contribution in [0.25, 0.3) is 11.0 Å². The molecule has 180 valence electrons. The van der Waals surface area contributed by atoms with E-state index in [0.717, 1.165) is 23.1 Å². The number of pyridine rings is 1. The van der Waals surface area contributed by atoms with Gasteiger partial charge in [-0.1, -0.05) is 18.2 Å². The van der Waals surface area contributed by atoms with Crippen LogP contribution in [0.1, 0.15) is 21.6 Å². The van der Waals surface area contributed by atoms with E-state index < -0.39 is 0 Å². The van der Waals surface area contributed by atoms with Crippen molar-refractivity contribution in [3.8, 4) is 11.5 Å². The van der Waals surface area contributed by atoms with Crippen molar-refractivity contribution in [1.29, 1.82) is 0 Å². The fraction of sp³-hybridized carbons (Fsp3) is 0.286. The van der Waals surface area contributed by atoms with Crippen molar-refractivity contribution >= 4 is 16.9 Å². The van der Waals surface area contributed by atoms with E-state index in [0.29, 0.717) is 50.0 Å². The third-order valence-electron chi connectivity index (χ3n) is 6.23. The molecule has 1 atom stereocenters. The Labute approximate surface area is 204 Å². The summed E-state index contributed by atoms with van der Waals surface area (Å²) in [7, 11) is 1.57. The molecule has 1 aliphatic heterocycles. The third-order valence-corrected chi connectivity index (χ3v) is 6.23. The van der Waals surface area contributed by atoms with Gasteiger partial charge in [-0.25, -0.2) is 0 Å². The van der Waals surface area contributed by atoms with E-state index in [9.17, 15) is 4.79 Å². The number of hydrogen-bond donors (Lipinski definition) is 0. The SMILES string of the molecule is COc1cc(C(=O)N2CCOC[C@@H](Cc3cccc4occc34)C2)ccc1OCc1ccccn1. The number of benzene rings is 2. The van der Waals surface area contributed by atoms with Crippen LogP contribution in [0.3, 0.4) is 0 Å². The first-order valence-corrected chi connectivity index (χ1v) is 11.7. The van der Waals surface area contributed by atoms with Gasteiger partial charge in [-0.3, -0.25) is 9.78 Å². The summed E-state index contributed by atoms with van der Waals surface area (Å²) < 4.78 is 22.8. The molecule has 1 fully saturated rings. The van der Waals surface area contributed by atoms with Crippen LogP contribution in [-0.2, 0) is 17.8 Å². The number of carbonyl (C=O) groups is 1. The number of fused-ring (bicyclic) bond motifs is 1. The quantitative estimate of drug-likeness (QED) is 0.387. The number of amides is 1. The summed E-state index contributed by atoms with van der Waals surface area (Å²) in [4.78, 5) is 19.6. The Morgan fingerprint density at radius 2 is 2.06 bits per heavy atom. The van der Waals surface area contributed by atoms with Crippen molar-refractivity contribution in [3.05, 3.63) is 89.9 Å². The Hall–Kier alpha value is -3.84. The standard InChI is InChI=1S/C28H28N2O5/c1-32-27-16-22(8-9-26(27)35-19-23-6-2-3-11-29-23)28(31)30-12-14-33-18-20(17-30)15-21-5-4-7-25-24(21)10-13-34-25/h2-11,13,16,20H,12,14-15,17-19H2,1H3/t20-/m0/s1. The van der Waals surface area contributed by atoms with Gasteiger partial charge in [0.05, 0.1) is 32.3 Å². The molecule has 0 radical (unpaired) electrons. The first kappa shape index (κ1) is 22.9. The van der Waals surface area contributed by atoms with Crippen LogP contribution in [-0.4, -0.2) is 49.2 Å². The molecule has 0 spiro atoms. The first-order chi connectivity index (χ1) is 17.2. The molecule has 7 nitrogen and oxygen atoms in total. The van der Waals surface area contributed by atoms with Gasteiger partial charge in [0, 0.05) is 36.2 Å². The van der Waals surface area contributed by atoms with Gasteiger partial charge in [-0.2, -0.15) is 0 Å². The van der Waals surface area contributed by atoms with E-state index in [1.807, 2.05) is 41.3 Å². The highest BCUT2D eigenvalue weighted by Gasteiger charge is 2.25. The van der Waals surface area contributed by atoms with Crippen molar-refractivity contribution < 1.29 is 23.4 Å².